The summed E-state index contributed by atoms with van der Waals surface area (Å²) < 4.78 is 0. The minimum Gasteiger partial charge on any atom is -0.480 e. The Bertz CT molecular complexity index is 785. The molecule has 2 aromatic rings. The van der Waals surface area contributed by atoms with E-state index in [-0.39, 0.29) is 5.91 Å². The molecular formula is C21H23N3O3. The number of rotatable bonds is 6. The van der Waals surface area contributed by atoms with Gasteiger partial charge in [-0.15, -0.1) is 0 Å². The molecule has 140 valence electrons. The molecular weight excluding hydrogens is 342 g/mol. The Kier molecular flexibility index (Phi) is 6.33. The second-order valence-electron chi connectivity index (χ2n) is 6.52. The molecule has 1 atom stereocenters. The molecule has 1 aliphatic heterocycles. The van der Waals surface area contributed by atoms with E-state index in [1.165, 1.54) is 0 Å². The number of amides is 1. The number of benzene rings is 1. The zero-order chi connectivity index (χ0) is 19.1. The summed E-state index contributed by atoms with van der Waals surface area (Å²) in [7, 11) is 0. The van der Waals surface area contributed by atoms with Gasteiger partial charge in [0.2, 0.25) is 5.91 Å². The van der Waals surface area contributed by atoms with Crippen LogP contribution in [0.5, 0.6) is 0 Å². The van der Waals surface area contributed by atoms with Crippen LogP contribution in [0.3, 0.4) is 0 Å². The van der Waals surface area contributed by atoms with Gasteiger partial charge in [0.25, 0.3) is 0 Å². The smallest absolute Gasteiger partial charge is 0.321 e. The molecule has 0 radical (unpaired) electrons. The number of piperazine rings is 1. The molecule has 2 heterocycles. The fourth-order valence-electron chi connectivity index (χ4n) is 3.21. The minimum absolute atomic E-state index is 0.0439. The normalized spacial score (nSPS) is 16.4. The zero-order valence-electron chi connectivity index (χ0n) is 15.1. The van der Waals surface area contributed by atoms with E-state index in [4.69, 9.17) is 0 Å². The van der Waals surface area contributed by atoms with Gasteiger partial charge in [-0.05, 0) is 23.3 Å². The summed E-state index contributed by atoms with van der Waals surface area (Å²) >= 11 is 0. The zero-order valence-corrected chi connectivity index (χ0v) is 15.1. The van der Waals surface area contributed by atoms with Gasteiger partial charge in [0.15, 0.2) is 0 Å². The number of hydrogen-bond acceptors (Lipinski definition) is 4. The maximum atomic E-state index is 12.4. The van der Waals surface area contributed by atoms with Crippen LogP contribution < -0.4 is 0 Å². The van der Waals surface area contributed by atoms with E-state index in [1.807, 2.05) is 47.4 Å². The van der Waals surface area contributed by atoms with Crippen molar-refractivity contribution in [3.63, 3.8) is 0 Å². The van der Waals surface area contributed by atoms with Crippen molar-refractivity contribution in [2.75, 3.05) is 26.2 Å². The van der Waals surface area contributed by atoms with Crippen LogP contribution in [0.1, 0.15) is 11.1 Å². The summed E-state index contributed by atoms with van der Waals surface area (Å²) in [4.78, 5) is 31.8. The molecule has 6 nitrogen and oxygen atoms in total. The molecule has 1 aliphatic rings. The third-order valence-electron chi connectivity index (χ3n) is 4.72. The van der Waals surface area contributed by atoms with Crippen molar-refractivity contribution in [3.05, 3.63) is 72.1 Å². The van der Waals surface area contributed by atoms with Crippen molar-refractivity contribution < 1.29 is 14.7 Å². The lowest BCUT2D eigenvalue weighted by Crippen LogP contribution is -2.54. The Morgan fingerprint density at radius 1 is 1.07 bits per heavy atom. The van der Waals surface area contributed by atoms with Crippen LogP contribution in [0.25, 0.3) is 6.08 Å². The molecule has 1 fully saturated rings. The maximum absolute atomic E-state index is 12.4. The van der Waals surface area contributed by atoms with Crippen LogP contribution in [-0.4, -0.2) is 64.0 Å². The first-order chi connectivity index (χ1) is 13.1. The van der Waals surface area contributed by atoms with Crippen LogP contribution in [0, 0.1) is 0 Å². The number of hydrogen-bond donors (Lipinski definition) is 1. The summed E-state index contributed by atoms with van der Waals surface area (Å²) in [5.74, 6) is -0.889. The molecule has 1 amide bonds. The average Bonchev–Trinajstić information content (AvgIpc) is 2.72. The van der Waals surface area contributed by atoms with Crippen molar-refractivity contribution in [2.24, 2.45) is 0 Å². The Morgan fingerprint density at radius 2 is 1.81 bits per heavy atom. The van der Waals surface area contributed by atoms with E-state index in [0.717, 1.165) is 11.1 Å². The van der Waals surface area contributed by atoms with Gasteiger partial charge >= 0.3 is 5.97 Å². The Labute approximate surface area is 158 Å². The first-order valence-electron chi connectivity index (χ1n) is 9.01. The molecule has 1 unspecified atom stereocenters. The van der Waals surface area contributed by atoms with E-state index < -0.39 is 12.0 Å². The summed E-state index contributed by atoms with van der Waals surface area (Å²) in [5.41, 5.74) is 1.88. The largest absolute Gasteiger partial charge is 0.480 e. The number of carboxylic acid groups (broad SMARTS) is 1. The minimum atomic E-state index is -0.845. The van der Waals surface area contributed by atoms with Crippen molar-refractivity contribution in [1.29, 1.82) is 0 Å². The number of aliphatic carboxylic acids is 1. The van der Waals surface area contributed by atoms with Crippen LogP contribution in [0.4, 0.5) is 0 Å². The van der Waals surface area contributed by atoms with Crippen LogP contribution >= 0.6 is 0 Å². The Balaban J connectivity index is 1.56. The van der Waals surface area contributed by atoms with Crippen molar-refractivity contribution >= 4 is 18.0 Å². The quantitative estimate of drug-likeness (QED) is 0.792. The van der Waals surface area contributed by atoms with Gasteiger partial charge in [-0.3, -0.25) is 19.5 Å². The number of pyridine rings is 1. The maximum Gasteiger partial charge on any atom is 0.321 e. The highest BCUT2D eigenvalue weighted by Gasteiger charge is 2.30. The number of nitrogens with zero attached hydrogens (tertiary/aromatic N) is 3. The van der Waals surface area contributed by atoms with Crippen LogP contribution in [0.2, 0.25) is 0 Å². The van der Waals surface area contributed by atoms with Gasteiger partial charge in [0.05, 0.1) is 0 Å². The van der Waals surface area contributed by atoms with Crippen molar-refractivity contribution in [1.82, 2.24) is 14.8 Å². The molecule has 0 bridgehead atoms. The van der Waals surface area contributed by atoms with Gasteiger partial charge in [-0.25, -0.2) is 0 Å². The summed E-state index contributed by atoms with van der Waals surface area (Å²) in [6.45, 7) is 2.13. The summed E-state index contributed by atoms with van der Waals surface area (Å²) in [5, 5.41) is 9.62. The van der Waals surface area contributed by atoms with Gasteiger partial charge in [-0.1, -0.05) is 36.4 Å². The SMILES string of the molecule is O=C(O)C(Cc1cccnc1)N1CCN(C(=O)C=Cc2ccccc2)CC1. The summed E-state index contributed by atoms with van der Waals surface area (Å²) in [6.07, 6.45) is 7.16. The average molecular weight is 365 g/mol. The standard InChI is InChI=1S/C21H23N3O3/c25-20(9-8-17-5-2-1-3-6-17)24-13-11-23(12-14-24)19(21(26)27)15-18-7-4-10-22-16-18/h1-10,16,19H,11-15H2,(H,26,27). The first kappa shape index (κ1) is 18.8. The van der Waals surface area contributed by atoms with Crippen LogP contribution in [-0.2, 0) is 16.0 Å². The lowest BCUT2D eigenvalue weighted by Gasteiger charge is -2.37. The lowest BCUT2D eigenvalue weighted by molar-refractivity contribution is -0.144. The number of carbonyl (C=O) groups excluding carboxylic acids is 1. The molecule has 0 spiro atoms. The predicted octanol–water partition coefficient (Wildman–Crippen LogP) is 1.93. The molecule has 1 aromatic heterocycles. The third kappa shape index (κ3) is 5.24. The van der Waals surface area contributed by atoms with Crippen molar-refractivity contribution in [2.45, 2.75) is 12.5 Å². The molecule has 1 N–H and O–H groups in total. The van der Waals surface area contributed by atoms with E-state index in [2.05, 4.69) is 4.98 Å². The molecule has 0 aliphatic carbocycles. The topological polar surface area (TPSA) is 73.7 Å². The molecule has 6 heteroatoms. The molecule has 1 aromatic carbocycles. The number of carbonyl (C=O) groups is 2. The van der Waals surface area contributed by atoms with Gasteiger partial charge in [0.1, 0.15) is 6.04 Å². The first-order valence-corrected chi connectivity index (χ1v) is 9.01. The second kappa shape index (κ2) is 9.09. The Hall–Kier alpha value is -2.99. The molecule has 27 heavy (non-hydrogen) atoms. The Morgan fingerprint density at radius 3 is 2.44 bits per heavy atom. The van der Waals surface area contributed by atoms with Gasteiger partial charge < -0.3 is 10.0 Å². The van der Waals surface area contributed by atoms with Gasteiger partial charge in [0, 0.05) is 51.1 Å². The van der Waals surface area contributed by atoms with Crippen LogP contribution in [0.15, 0.2) is 60.9 Å². The fourth-order valence-corrected chi connectivity index (χ4v) is 3.21. The highest BCUT2D eigenvalue weighted by Crippen LogP contribution is 2.13. The van der Waals surface area contributed by atoms with E-state index >= 15 is 0 Å². The number of carboxylic acids is 1. The predicted molar refractivity (Wildman–Crippen MR) is 103 cm³/mol. The highest BCUT2D eigenvalue weighted by molar-refractivity contribution is 5.91. The monoisotopic (exact) mass is 365 g/mol. The van der Waals surface area contributed by atoms with E-state index in [0.29, 0.717) is 32.6 Å². The number of aromatic nitrogens is 1. The molecule has 1 saturated heterocycles. The van der Waals surface area contributed by atoms with E-state index in [1.54, 1.807) is 29.4 Å². The van der Waals surface area contributed by atoms with Crippen molar-refractivity contribution in [3.8, 4) is 0 Å². The van der Waals surface area contributed by atoms with Gasteiger partial charge in [-0.2, -0.15) is 0 Å². The molecule has 3 rings (SSSR count). The third-order valence-corrected chi connectivity index (χ3v) is 4.72. The fraction of sp³-hybridized carbons (Fsp3) is 0.286. The second-order valence-corrected chi connectivity index (χ2v) is 6.52. The molecule has 0 saturated carbocycles. The lowest BCUT2D eigenvalue weighted by atomic mass is 10.1. The van der Waals surface area contributed by atoms with E-state index in [9.17, 15) is 14.7 Å². The summed E-state index contributed by atoms with van der Waals surface area (Å²) in [6, 6.07) is 12.8. The highest BCUT2D eigenvalue weighted by atomic mass is 16.4.